The first-order chi connectivity index (χ1) is 7.95. The molecule has 1 saturated heterocycles. The van der Waals surface area contributed by atoms with Crippen molar-refractivity contribution in [1.82, 2.24) is 15.5 Å². The molecule has 0 amide bonds. The van der Waals surface area contributed by atoms with E-state index in [1.807, 2.05) is 12.3 Å². The van der Waals surface area contributed by atoms with E-state index in [2.05, 4.69) is 39.8 Å². The summed E-state index contributed by atoms with van der Waals surface area (Å²) in [6, 6.07) is 10.9. The van der Waals surface area contributed by atoms with E-state index < -0.39 is 0 Å². The second kappa shape index (κ2) is 4.10. The lowest BCUT2D eigenvalue weighted by Crippen LogP contribution is -2.12. The van der Waals surface area contributed by atoms with Crippen LogP contribution in [0.2, 0.25) is 0 Å². The van der Waals surface area contributed by atoms with Crippen molar-refractivity contribution < 1.29 is 0 Å². The second-order valence-electron chi connectivity index (χ2n) is 4.22. The van der Waals surface area contributed by atoms with Crippen LogP contribution in [0.1, 0.15) is 24.4 Å². The molecule has 2 N–H and O–H groups in total. The SMILES string of the molecule is c1ccc(-c2[nH]ncc2C2CCCN2)cc1. The Kier molecular flexibility index (Phi) is 2.46. The van der Waals surface area contributed by atoms with Crippen LogP contribution >= 0.6 is 0 Å². The Hall–Kier alpha value is -1.61. The summed E-state index contributed by atoms with van der Waals surface area (Å²) >= 11 is 0. The minimum Gasteiger partial charge on any atom is -0.310 e. The van der Waals surface area contributed by atoms with Crippen molar-refractivity contribution in [3.8, 4) is 11.3 Å². The van der Waals surface area contributed by atoms with Gasteiger partial charge in [-0.05, 0) is 24.9 Å². The zero-order chi connectivity index (χ0) is 10.8. The van der Waals surface area contributed by atoms with Crippen molar-refractivity contribution in [2.45, 2.75) is 18.9 Å². The van der Waals surface area contributed by atoms with Crippen LogP contribution in [-0.4, -0.2) is 16.7 Å². The molecule has 0 spiro atoms. The minimum atomic E-state index is 0.467. The molecule has 82 valence electrons. The predicted molar refractivity (Wildman–Crippen MR) is 64.0 cm³/mol. The Bertz CT molecular complexity index is 455. The van der Waals surface area contributed by atoms with Crippen LogP contribution in [-0.2, 0) is 0 Å². The summed E-state index contributed by atoms with van der Waals surface area (Å²) < 4.78 is 0. The highest BCUT2D eigenvalue weighted by molar-refractivity contribution is 5.63. The standard InChI is InChI=1S/C13H15N3/c1-2-5-10(6-3-1)13-11(9-15-16-13)12-7-4-8-14-12/h1-3,5-6,9,12,14H,4,7-8H2,(H,15,16). The number of hydrogen-bond donors (Lipinski definition) is 2. The normalized spacial score (nSPS) is 20.1. The molecule has 0 saturated carbocycles. The van der Waals surface area contributed by atoms with Gasteiger partial charge >= 0.3 is 0 Å². The van der Waals surface area contributed by atoms with Crippen molar-refractivity contribution in [2.24, 2.45) is 0 Å². The van der Waals surface area contributed by atoms with Gasteiger partial charge in [-0.2, -0.15) is 5.10 Å². The molecule has 1 atom stereocenters. The molecule has 16 heavy (non-hydrogen) atoms. The molecule has 0 radical (unpaired) electrons. The number of rotatable bonds is 2. The van der Waals surface area contributed by atoms with E-state index >= 15 is 0 Å². The van der Waals surface area contributed by atoms with Gasteiger partial charge in [0.05, 0.1) is 11.9 Å². The summed E-state index contributed by atoms with van der Waals surface area (Å²) in [5.41, 5.74) is 3.66. The minimum absolute atomic E-state index is 0.467. The topological polar surface area (TPSA) is 40.7 Å². The van der Waals surface area contributed by atoms with Gasteiger partial charge in [0.2, 0.25) is 0 Å². The molecule has 1 aliphatic rings. The lowest BCUT2D eigenvalue weighted by Gasteiger charge is -2.10. The van der Waals surface area contributed by atoms with Gasteiger partial charge in [0.1, 0.15) is 0 Å². The van der Waals surface area contributed by atoms with E-state index in [1.165, 1.54) is 24.0 Å². The van der Waals surface area contributed by atoms with Gasteiger partial charge in [-0.25, -0.2) is 0 Å². The molecular weight excluding hydrogens is 198 g/mol. The molecule has 1 aromatic carbocycles. The summed E-state index contributed by atoms with van der Waals surface area (Å²) in [6.07, 6.45) is 4.41. The first-order valence-corrected chi connectivity index (χ1v) is 5.77. The third-order valence-corrected chi connectivity index (χ3v) is 3.17. The maximum atomic E-state index is 4.18. The molecular formula is C13H15N3. The Balaban J connectivity index is 1.99. The number of hydrogen-bond acceptors (Lipinski definition) is 2. The highest BCUT2D eigenvalue weighted by Crippen LogP contribution is 2.30. The maximum absolute atomic E-state index is 4.18. The van der Waals surface area contributed by atoms with Gasteiger partial charge in [0, 0.05) is 11.6 Å². The van der Waals surface area contributed by atoms with Crippen molar-refractivity contribution in [2.75, 3.05) is 6.54 Å². The highest BCUT2D eigenvalue weighted by atomic mass is 15.1. The number of aromatic amines is 1. The van der Waals surface area contributed by atoms with Crippen LogP contribution < -0.4 is 5.32 Å². The molecule has 1 unspecified atom stereocenters. The number of aromatic nitrogens is 2. The van der Waals surface area contributed by atoms with Gasteiger partial charge < -0.3 is 5.32 Å². The lowest BCUT2D eigenvalue weighted by molar-refractivity contribution is 0.649. The van der Waals surface area contributed by atoms with Gasteiger partial charge in [0.15, 0.2) is 0 Å². The monoisotopic (exact) mass is 213 g/mol. The summed E-state index contributed by atoms with van der Waals surface area (Å²) in [5, 5.41) is 10.8. The summed E-state index contributed by atoms with van der Waals surface area (Å²) in [7, 11) is 0. The molecule has 1 aromatic heterocycles. The Morgan fingerprint density at radius 1 is 1.19 bits per heavy atom. The molecule has 1 fully saturated rings. The summed E-state index contributed by atoms with van der Waals surface area (Å²) in [6.45, 7) is 1.12. The first kappa shape index (κ1) is 9.60. The fraction of sp³-hybridized carbons (Fsp3) is 0.308. The molecule has 1 aliphatic heterocycles. The highest BCUT2D eigenvalue weighted by Gasteiger charge is 2.20. The molecule has 0 aliphatic carbocycles. The van der Waals surface area contributed by atoms with Crippen LogP contribution in [0, 0.1) is 0 Å². The zero-order valence-electron chi connectivity index (χ0n) is 9.11. The van der Waals surface area contributed by atoms with E-state index in [9.17, 15) is 0 Å². The van der Waals surface area contributed by atoms with E-state index in [0.717, 1.165) is 12.2 Å². The van der Waals surface area contributed by atoms with E-state index in [1.54, 1.807) is 0 Å². The fourth-order valence-electron chi connectivity index (χ4n) is 2.35. The third kappa shape index (κ3) is 1.63. The van der Waals surface area contributed by atoms with E-state index in [-0.39, 0.29) is 0 Å². The predicted octanol–water partition coefficient (Wildman–Crippen LogP) is 2.50. The molecule has 2 heterocycles. The largest absolute Gasteiger partial charge is 0.310 e. The Morgan fingerprint density at radius 3 is 2.81 bits per heavy atom. The molecule has 3 nitrogen and oxygen atoms in total. The van der Waals surface area contributed by atoms with Gasteiger partial charge in [0.25, 0.3) is 0 Å². The van der Waals surface area contributed by atoms with Crippen molar-refractivity contribution in [3.05, 3.63) is 42.1 Å². The molecule has 3 rings (SSSR count). The van der Waals surface area contributed by atoms with Gasteiger partial charge in [-0.3, -0.25) is 5.10 Å². The van der Waals surface area contributed by atoms with E-state index in [4.69, 9.17) is 0 Å². The molecule has 2 aromatic rings. The van der Waals surface area contributed by atoms with E-state index in [0.29, 0.717) is 6.04 Å². The smallest absolute Gasteiger partial charge is 0.0698 e. The Labute approximate surface area is 94.9 Å². The lowest BCUT2D eigenvalue weighted by atomic mass is 10.0. The van der Waals surface area contributed by atoms with Gasteiger partial charge in [-0.15, -0.1) is 0 Å². The maximum Gasteiger partial charge on any atom is 0.0698 e. The number of nitrogens with zero attached hydrogens (tertiary/aromatic N) is 1. The van der Waals surface area contributed by atoms with Crippen molar-refractivity contribution in [3.63, 3.8) is 0 Å². The fourth-order valence-corrected chi connectivity index (χ4v) is 2.35. The summed E-state index contributed by atoms with van der Waals surface area (Å²) in [5.74, 6) is 0. The first-order valence-electron chi connectivity index (χ1n) is 5.77. The molecule has 3 heteroatoms. The number of benzene rings is 1. The third-order valence-electron chi connectivity index (χ3n) is 3.17. The summed E-state index contributed by atoms with van der Waals surface area (Å²) in [4.78, 5) is 0. The number of H-pyrrole nitrogens is 1. The molecule has 0 bridgehead atoms. The Morgan fingerprint density at radius 2 is 2.06 bits per heavy atom. The van der Waals surface area contributed by atoms with Gasteiger partial charge in [-0.1, -0.05) is 30.3 Å². The average molecular weight is 213 g/mol. The van der Waals surface area contributed by atoms with Crippen LogP contribution in [0.3, 0.4) is 0 Å². The van der Waals surface area contributed by atoms with Crippen LogP contribution in [0.5, 0.6) is 0 Å². The average Bonchev–Trinajstić information content (AvgIpc) is 3.01. The van der Waals surface area contributed by atoms with Crippen molar-refractivity contribution >= 4 is 0 Å². The van der Waals surface area contributed by atoms with Crippen molar-refractivity contribution in [1.29, 1.82) is 0 Å². The quantitative estimate of drug-likeness (QED) is 0.804. The van der Waals surface area contributed by atoms with Crippen LogP contribution in [0.4, 0.5) is 0 Å². The van der Waals surface area contributed by atoms with Crippen LogP contribution in [0.25, 0.3) is 11.3 Å². The van der Waals surface area contributed by atoms with Crippen LogP contribution in [0.15, 0.2) is 36.5 Å². The number of nitrogens with one attached hydrogen (secondary N) is 2. The second-order valence-corrected chi connectivity index (χ2v) is 4.22. The zero-order valence-corrected chi connectivity index (χ0v) is 9.11.